The largest absolute Gasteiger partial charge is 0.343 e. The van der Waals surface area contributed by atoms with Crippen molar-refractivity contribution in [2.24, 2.45) is 0 Å². The van der Waals surface area contributed by atoms with Gasteiger partial charge in [0.2, 0.25) is 0 Å². The van der Waals surface area contributed by atoms with Crippen LogP contribution < -0.4 is 5.32 Å². The Morgan fingerprint density at radius 2 is 1.88 bits per heavy atom. The number of aromatic nitrogens is 3. The molecular weight excluding hydrogens is 364 g/mol. The van der Waals surface area contributed by atoms with Gasteiger partial charge in [0.1, 0.15) is 5.69 Å². The summed E-state index contributed by atoms with van der Waals surface area (Å²) in [6.07, 6.45) is 1.92. The van der Waals surface area contributed by atoms with E-state index in [4.69, 9.17) is 0 Å². The number of carbonyl (C=O) groups is 1. The highest BCUT2D eigenvalue weighted by molar-refractivity contribution is 7.15. The van der Waals surface area contributed by atoms with Crippen molar-refractivity contribution in [2.75, 3.05) is 0 Å². The van der Waals surface area contributed by atoms with Crippen LogP contribution in [0.1, 0.15) is 39.7 Å². The second kappa shape index (κ2) is 6.66. The summed E-state index contributed by atoms with van der Waals surface area (Å²) in [4.78, 5) is 22.6. The van der Waals surface area contributed by atoms with Gasteiger partial charge in [0.05, 0.1) is 22.4 Å². The van der Waals surface area contributed by atoms with Crippen LogP contribution in [0.5, 0.6) is 0 Å². The lowest BCUT2D eigenvalue weighted by molar-refractivity contribution is 0.0933. The fraction of sp³-hybridized carbons (Fsp3) is 0.211. The minimum Gasteiger partial charge on any atom is -0.343 e. The van der Waals surface area contributed by atoms with Gasteiger partial charge in [-0.3, -0.25) is 9.20 Å². The monoisotopic (exact) mass is 382 g/mol. The van der Waals surface area contributed by atoms with E-state index in [0.717, 1.165) is 26.9 Å². The molecule has 3 heterocycles. The number of amides is 1. The first-order valence-corrected chi connectivity index (χ1v) is 10.0. The highest BCUT2D eigenvalue weighted by atomic mass is 32.1. The quantitative estimate of drug-likeness (QED) is 0.560. The molecule has 4 aromatic rings. The number of aryl methyl sites for hydroxylation is 2. The fourth-order valence-corrected chi connectivity index (χ4v) is 4.29. The van der Waals surface area contributed by atoms with E-state index in [2.05, 4.69) is 34.3 Å². The lowest BCUT2D eigenvalue weighted by Crippen LogP contribution is -2.27. The van der Waals surface area contributed by atoms with Crippen LogP contribution in [0.4, 0.5) is 0 Å². The standard InChI is InChI=1S/C19H18N4OS2/c1-11-4-6-14(7-5-11)15-8-23-17(10-26-19(23)22-15)18(24)20-12(2)16-9-25-13(3)21-16/h4-10,12H,1-3H3,(H,20,24)/t12-/m1/s1. The van der Waals surface area contributed by atoms with Crippen molar-refractivity contribution in [3.8, 4) is 11.3 Å². The zero-order valence-corrected chi connectivity index (χ0v) is 16.3. The molecule has 3 aromatic heterocycles. The van der Waals surface area contributed by atoms with Crippen LogP contribution in [-0.4, -0.2) is 20.3 Å². The van der Waals surface area contributed by atoms with Gasteiger partial charge < -0.3 is 5.32 Å². The summed E-state index contributed by atoms with van der Waals surface area (Å²) >= 11 is 3.05. The third-order valence-electron chi connectivity index (χ3n) is 4.22. The molecule has 5 nitrogen and oxygen atoms in total. The molecule has 1 aromatic carbocycles. The van der Waals surface area contributed by atoms with Crippen LogP contribution in [0, 0.1) is 13.8 Å². The summed E-state index contributed by atoms with van der Waals surface area (Å²) < 4.78 is 1.86. The predicted molar refractivity (Wildman–Crippen MR) is 106 cm³/mol. The number of rotatable bonds is 4. The number of fused-ring (bicyclic) bond motifs is 1. The molecule has 0 spiro atoms. The van der Waals surface area contributed by atoms with Gasteiger partial charge >= 0.3 is 0 Å². The molecule has 7 heteroatoms. The molecule has 1 atom stereocenters. The van der Waals surface area contributed by atoms with Crippen molar-refractivity contribution in [1.82, 2.24) is 19.7 Å². The van der Waals surface area contributed by atoms with Gasteiger partial charge in [-0.25, -0.2) is 9.97 Å². The fourth-order valence-electron chi connectivity index (χ4n) is 2.73. The van der Waals surface area contributed by atoms with E-state index in [1.807, 2.05) is 47.3 Å². The maximum absolute atomic E-state index is 12.7. The number of thiazole rings is 2. The lowest BCUT2D eigenvalue weighted by Gasteiger charge is -2.10. The Morgan fingerprint density at radius 1 is 1.12 bits per heavy atom. The lowest BCUT2D eigenvalue weighted by atomic mass is 10.1. The van der Waals surface area contributed by atoms with Crippen LogP contribution in [0.3, 0.4) is 0 Å². The average Bonchev–Trinajstić information content (AvgIpc) is 3.30. The molecule has 0 fully saturated rings. The number of carbonyl (C=O) groups excluding carboxylic acids is 1. The third kappa shape index (κ3) is 3.15. The summed E-state index contributed by atoms with van der Waals surface area (Å²) in [7, 11) is 0. The minimum absolute atomic E-state index is 0.123. The molecule has 0 radical (unpaired) electrons. The van der Waals surface area contributed by atoms with Crippen molar-refractivity contribution in [3.63, 3.8) is 0 Å². The number of benzene rings is 1. The van der Waals surface area contributed by atoms with Gasteiger partial charge in [0.15, 0.2) is 4.96 Å². The van der Waals surface area contributed by atoms with E-state index < -0.39 is 0 Å². The number of hydrogen-bond acceptors (Lipinski definition) is 5. The SMILES string of the molecule is Cc1ccc(-c2cn3c(C(=O)N[C@H](C)c4csc(C)n4)csc3n2)cc1. The van der Waals surface area contributed by atoms with Crippen molar-refractivity contribution in [2.45, 2.75) is 26.8 Å². The average molecular weight is 383 g/mol. The van der Waals surface area contributed by atoms with Crippen molar-refractivity contribution < 1.29 is 4.79 Å². The summed E-state index contributed by atoms with van der Waals surface area (Å²) in [5.41, 5.74) is 4.60. The first-order chi connectivity index (χ1) is 12.5. The summed E-state index contributed by atoms with van der Waals surface area (Å²) in [5.74, 6) is -0.123. The summed E-state index contributed by atoms with van der Waals surface area (Å²) in [6.45, 7) is 5.97. The Morgan fingerprint density at radius 3 is 2.58 bits per heavy atom. The maximum atomic E-state index is 12.7. The smallest absolute Gasteiger partial charge is 0.269 e. The Balaban J connectivity index is 1.60. The van der Waals surface area contributed by atoms with Crippen molar-refractivity contribution >= 4 is 33.5 Å². The van der Waals surface area contributed by atoms with Gasteiger partial charge in [0, 0.05) is 22.5 Å². The van der Waals surface area contributed by atoms with E-state index >= 15 is 0 Å². The van der Waals surface area contributed by atoms with Gasteiger partial charge in [-0.2, -0.15) is 0 Å². The Labute approximate surface area is 159 Å². The zero-order valence-electron chi connectivity index (χ0n) is 14.7. The first kappa shape index (κ1) is 16.9. The van der Waals surface area contributed by atoms with E-state index in [9.17, 15) is 4.79 Å². The van der Waals surface area contributed by atoms with Gasteiger partial charge in [-0.15, -0.1) is 22.7 Å². The molecule has 0 bridgehead atoms. The van der Waals surface area contributed by atoms with Gasteiger partial charge in [0.25, 0.3) is 5.91 Å². The maximum Gasteiger partial charge on any atom is 0.269 e. The molecule has 26 heavy (non-hydrogen) atoms. The third-order valence-corrected chi connectivity index (χ3v) is 5.85. The molecule has 4 rings (SSSR count). The molecular formula is C19H18N4OS2. The van der Waals surface area contributed by atoms with Crippen LogP contribution in [0.15, 0.2) is 41.2 Å². The topological polar surface area (TPSA) is 59.3 Å². The second-order valence-electron chi connectivity index (χ2n) is 6.25. The molecule has 1 amide bonds. The highest BCUT2D eigenvalue weighted by Crippen LogP contribution is 2.24. The first-order valence-electron chi connectivity index (χ1n) is 8.28. The molecule has 132 valence electrons. The van der Waals surface area contributed by atoms with E-state index in [0.29, 0.717) is 5.69 Å². The Hall–Kier alpha value is -2.51. The zero-order chi connectivity index (χ0) is 18.3. The molecule has 0 aliphatic rings. The van der Waals surface area contributed by atoms with Gasteiger partial charge in [-0.1, -0.05) is 29.8 Å². The van der Waals surface area contributed by atoms with Crippen molar-refractivity contribution in [1.29, 1.82) is 0 Å². The Kier molecular flexibility index (Phi) is 4.34. The van der Waals surface area contributed by atoms with Crippen LogP contribution in [-0.2, 0) is 0 Å². The van der Waals surface area contributed by atoms with Gasteiger partial charge in [-0.05, 0) is 20.8 Å². The molecule has 0 aliphatic heterocycles. The number of imidazole rings is 1. The van der Waals surface area contributed by atoms with Crippen molar-refractivity contribution in [3.05, 3.63) is 63.2 Å². The number of nitrogens with zero attached hydrogens (tertiary/aromatic N) is 3. The normalized spacial score (nSPS) is 12.4. The molecule has 0 saturated heterocycles. The number of hydrogen-bond donors (Lipinski definition) is 1. The van der Waals surface area contributed by atoms with E-state index in [-0.39, 0.29) is 11.9 Å². The predicted octanol–water partition coefficient (Wildman–Crippen LogP) is 4.63. The van der Waals surface area contributed by atoms with E-state index in [1.165, 1.54) is 16.9 Å². The Bertz CT molecular complexity index is 1070. The molecule has 0 unspecified atom stereocenters. The molecule has 0 saturated carbocycles. The minimum atomic E-state index is -0.137. The van der Waals surface area contributed by atoms with Crippen LogP contribution in [0.25, 0.3) is 16.2 Å². The summed E-state index contributed by atoms with van der Waals surface area (Å²) in [5, 5.41) is 7.85. The molecule has 0 aliphatic carbocycles. The highest BCUT2D eigenvalue weighted by Gasteiger charge is 2.18. The second-order valence-corrected chi connectivity index (χ2v) is 8.15. The van der Waals surface area contributed by atoms with E-state index in [1.54, 1.807) is 11.3 Å². The van der Waals surface area contributed by atoms with Crippen LogP contribution >= 0.6 is 22.7 Å². The van der Waals surface area contributed by atoms with Crippen LogP contribution in [0.2, 0.25) is 0 Å². The number of nitrogens with one attached hydrogen (secondary N) is 1. The summed E-state index contributed by atoms with van der Waals surface area (Å²) in [6, 6.07) is 8.09. The molecule has 1 N–H and O–H groups in total.